The molecular formula is C12H15NO2S. The predicted molar refractivity (Wildman–Crippen MR) is 66.7 cm³/mol. The van der Waals surface area contributed by atoms with Gasteiger partial charge in [0.2, 0.25) is 0 Å². The highest BCUT2D eigenvalue weighted by atomic mass is 32.2. The summed E-state index contributed by atoms with van der Waals surface area (Å²) in [4.78, 5) is 11.6. The van der Waals surface area contributed by atoms with E-state index in [4.69, 9.17) is 0 Å². The standard InChI is InChI=1S/C12H15NO2S/c1-3-7-13-12(14)11-6-4-5-10(8-11)9-16(2)15/h3-6,8H,1,7,9H2,2H3,(H,13,14). The van der Waals surface area contributed by atoms with Crippen molar-refractivity contribution in [3.63, 3.8) is 0 Å². The van der Waals surface area contributed by atoms with Gasteiger partial charge in [0.25, 0.3) is 5.91 Å². The summed E-state index contributed by atoms with van der Waals surface area (Å²) in [6, 6.07) is 7.16. The Hall–Kier alpha value is -1.42. The van der Waals surface area contributed by atoms with Gasteiger partial charge in [-0.2, -0.15) is 0 Å². The van der Waals surface area contributed by atoms with Crippen molar-refractivity contribution in [2.24, 2.45) is 0 Å². The molecule has 1 amide bonds. The van der Waals surface area contributed by atoms with Gasteiger partial charge in [-0.15, -0.1) is 6.58 Å². The summed E-state index contributed by atoms with van der Waals surface area (Å²) < 4.78 is 11.1. The molecule has 0 aliphatic carbocycles. The zero-order chi connectivity index (χ0) is 12.0. The Kier molecular flexibility index (Phi) is 4.92. The van der Waals surface area contributed by atoms with Gasteiger partial charge in [-0.1, -0.05) is 18.2 Å². The summed E-state index contributed by atoms with van der Waals surface area (Å²) in [6.07, 6.45) is 3.27. The van der Waals surface area contributed by atoms with Gasteiger partial charge in [0.15, 0.2) is 0 Å². The Balaban J connectivity index is 2.77. The fourth-order valence-corrected chi connectivity index (χ4v) is 1.95. The molecule has 0 aliphatic heterocycles. The first kappa shape index (κ1) is 12.6. The predicted octanol–water partition coefficient (Wildman–Crippen LogP) is 1.48. The van der Waals surface area contributed by atoms with E-state index in [9.17, 15) is 9.00 Å². The number of amides is 1. The molecule has 4 heteroatoms. The number of hydrogen-bond donors (Lipinski definition) is 1. The fraction of sp³-hybridized carbons (Fsp3) is 0.250. The van der Waals surface area contributed by atoms with Crippen molar-refractivity contribution < 1.29 is 9.00 Å². The average Bonchev–Trinajstić information content (AvgIpc) is 2.25. The van der Waals surface area contributed by atoms with Crippen molar-refractivity contribution in [2.75, 3.05) is 12.8 Å². The van der Waals surface area contributed by atoms with Crippen LogP contribution in [0.1, 0.15) is 15.9 Å². The van der Waals surface area contributed by atoms with Gasteiger partial charge in [0, 0.05) is 34.9 Å². The largest absolute Gasteiger partial charge is 0.349 e. The molecule has 1 atom stereocenters. The Bertz CT molecular complexity index is 415. The Morgan fingerprint density at radius 3 is 2.94 bits per heavy atom. The van der Waals surface area contributed by atoms with Crippen molar-refractivity contribution in [1.29, 1.82) is 0 Å². The third-order valence-corrected chi connectivity index (χ3v) is 2.71. The maximum absolute atomic E-state index is 11.6. The minimum Gasteiger partial charge on any atom is -0.349 e. The second kappa shape index (κ2) is 6.23. The normalized spacial score (nSPS) is 11.8. The van der Waals surface area contributed by atoms with Crippen LogP contribution in [0.2, 0.25) is 0 Å². The Morgan fingerprint density at radius 2 is 2.31 bits per heavy atom. The lowest BCUT2D eigenvalue weighted by atomic mass is 10.1. The van der Waals surface area contributed by atoms with Crippen LogP contribution in [0.3, 0.4) is 0 Å². The van der Waals surface area contributed by atoms with E-state index in [1.165, 1.54) is 0 Å². The lowest BCUT2D eigenvalue weighted by Crippen LogP contribution is -2.23. The van der Waals surface area contributed by atoms with Crippen LogP contribution in [0.4, 0.5) is 0 Å². The maximum Gasteiger partial charge on any atom is 0.251 e. The van der Waals surface area contributed by atoms with E-state index < -0.39 is 10.8 Å². The second-order valence-electron chi connectivity index (χ2n) is 3.42. The van der Waals surface area contributed by atoms with Crippen LogP contribution >= 0.6 is 0 Å². The van der Waals surface area contributed by atoms with Crippen molar-refractivity contribution in [3.05, 3.63) is 48.0 Å². The monoisotopic (exact) mass is 237 g/mol. The summed E-state index contributed by atoms with van der Waals surface area (Å²) in [6.45, 7) is 3.98. The third kappa shape index (κ3) is 3.98. The van der Waals surface area contributed by atoms with Crippen LogP contribution in [-0.2, 0) is 16.6 Å². The summed E-state index contributed by atoms with van der Waals surface area (Å²) in [7, 11) is -0.891. The minimum atomic E-state index is -0.891. The molecule has 16 heavy (non-hydrogen) atoms. The molecule has 86 valence electrons. The molecule has 3 nitrogen and oxygen atoms in total. The van der Waals surface area contributed by atoms with Gasteiger partial charge in [-0.05, 0) is 17.7 Å². The molecule has 1 aromatic carbocycles. The summed E-state index contributed by atoms with van der Waals surface area (Å²) in [5, 5.41) is 2.70. The Morgan fingerprint density at radius 1 is 1.56 bits per heavy atom. The van der Waals surface area contributed by atoms with Gasteiger partial charge < -0.3 is 5.32 Å². The molecular weight excluding hydrogens is 222 g/mol. The number of nitrogens with one attached hydrogen (secondary N) is 1. The van der Waals surface area contributed by atoms with Gasteiger partial charge in [-0.25, -0.2) is 0 Å². The fourth-order valence-electron chi connectivity index (χ4n) is 1.30. The van der Waals surface area contributed by atoms with E-state index in [2.05, 4.69) is 11.9 Å². The SMILES string of the molecule is C=CCNC(=O)c1cccc(CS(C)=O)c1. The molecule has 1 aromatic rings. The van der Waals surface area contributed by atoms with E-state index in [-0.39, 0.29) is 5.91 Å². The van der Waals surface area contributed by atoms with E-state index in [0.29, 0.717) is 17.9 Å². The minimum absolute atomic E-state index is 0.136. The first-order valence-corrected chi connectivity index (χ1v) is 6.64. The average molecular weight is 237 g/mol. The van der Waals surface area contributed by atoms with E-state index >= 15 is 0 Å². The Labute approximate surface area is 98.0 Å². The molecule has 0 saturated carbocycles. The van der Waals surface area contributed by atoms with Crippen molar-refractivity contribution in [1.82, 2.24) is 5.32 Å². The zero-order valence-corrected chi connectivity index (χ0v) is 10.0. The molecule has 0 heterocycles. The first-order valence-electron chi connectivity index (χ1n) is 4.91. The van der Waals surface area contributed by atoms with Gasteiger partial charge >= 0.3 is 0 Å². The number of carbonyl (C=O) groups is 1. The van der Waals surface area contributed by atoms with Crippen LogP contribution in [0.15, 0.2) is 36.9 Å². The summed E-state index contributed by atoms with van der Waals surface area (Å²) >= 11 is 0. The molecule has 0 fully saturated rings. The summed E-state index contributed by atoms with van der Waals surface area (Å²) in [5.41, 5.74) is 1.50. The van der Waals surface area contributed by atoms with Gasteiger partial charge in [0.05, 0.1) is 0 Å². The number of benzene rings is 1. The highest BCUT2D eigenvalue weighted by Crippen LogP contribution is 2.07. The molecule has 0 spiro atoms. The maximum atomic E-state index is 11.6. The highest BCUT2D eigenvalue weighted by molar-refractivity contribution is 7.83. The highest BCUT2D eigenvalue weighted by Gasteiger charge is 2.05. The van der Waals surface area contributed by atoms with Crippen LogP contribution in [0, 0.1) is 0 Å². The van der Waals surface area contributed by atoms with Crippen LogP contribution in [0.25, 0.3) is 0 Å². The molecule has 0 saturated heterocycles. The van der Waals surface area contributed by atoms with Crippen molar-refractivity contribution in [3.8, 4) is 0 Å². The van der Waals surface area contributed by atoms with E-state index in [0.717, 1.165) is 5.56 Å². The molecule has 0 aliphatic rings. The lowest BCUT2D eigenvalue weighted by Gasteiger charge is -2.04. The summed E-state index contributed by atoms with van der Waals surface area (Å²) in [5.74, 6) is 0.339. The quantitative estimate of drug-likeness (QED) is 0.788. The molecule has 1 N–H and O–H groups in total. The molecule has 0 aromatic heterocycles. The van der Waals surface area contributed by atoms with Crippen LogP contribution in [-0.4, -0.2) is 22.9 Å². The smallest absolute Gasteiger partial charge is 0.251 e. The molecule has 0 radical (unpaired) electrons. The first-order chi connectivity index (χ1) is 7.63. The number of rotatable bonds is 5. The molecule has 1 rings (SSSR count). The number of carbonyl (C=O) groups excluding carboxylic acids is 1. The lowest BCUT2D eigenvalue weighted by molar-refractivity contribution is 0.0958. The zero-order valence-electron chi connectivity index (χ0n) is 9.23. The van der Waals surface area contributed by atoms with E-state index in [1.807, 2.05) is 6.07 Å². The van der Waals surface area contributed by atoms with Crippen LogP contribution < -0.4 is 5.32 Å². The van der Waals surface area contributed by atoms with Crippen LogP contribution in [0.5, 0.6) is 0 Å². The second-order valence-corrected chi connectivity index (χ2v) is 4.85. The topological polar surface area (TPSA) is 46.2 Å². The van der Waals surface area contributed by atoms with Crippen molar-refractivity contribution >= 4 is 16.7 Å². The van der Waals surface area contributed by atoms with Gasteiger partial charge in [0.1, 0.15) is 0 Å². The van der Waals surface area contributed by atoms with Crippen molar-refractivity contribution in [2.45, 2.75) is 5.75 Å². The van der Waals surface area contributed by atoms with E-state index in [1.54, 1.807) is 30.5 Å². The van der Waals surface area contributed by atoms with Gasteiger partial charge in [-0.3, -0.25) is 9.00 Å². The number of hydrogen-bond acceptors (Lipinski definition) is 2. The molecule has 1 unspecified atom stereocenters. The third-order valence-electron chi connectivity index (χ3n) is 1.97. The molecule has 0 bridgehead atoms.